The van der Waals surface area contributed by atoms with Gasteiger partial charge >= 0.3 is 6.08 Å². The Morgan fingerprint density at radius 2 is 1.62 bits per heavy atom. The molecule has 0 amide bonds. The van der Waals surface area contributed by atoms with E-state index in [0.717, 1.165) is 0 Å². The van der Waals surface area contributed by atoms with E-state index in [2.05, 4.69) is 15.3 Å². The Labute approximate surface area is 89.0 Å². The third-order valence-electron chi connectivity index (χ3n) is 1.82. The summed E-state index contributed by atoms with van der Waals surface area (Å²) in [6.07, 6.45) is -1.32. The predicted molar refractivity (Wildman–Crippen MR) is 51.6 cm³/mol. The van der Waals surface area contributed by atoms with E-state index in [1.54, 1.807) is 30.3 Å². The van der Waals surface area contributed by atoms with Crippen molar-refractivity contribution in [3.63, 3.8) is 0 Å². The fourth-order valence-electron chi connectivity index (χ4n) is 1.14. The van der Waals surface area contributed by atoms with Gasteiger partial charge in [0, 0.05) is 5.69 Å². The highest BCUT2D eigenvalue weighted by atomic mass is 19.2. The maximum absolute atomic E-state index is 13.1. The molecule has 1 heterocycles. The van der Waals surface area contributed by atoms with Gasteiger partial charge in [0.2, 0.25) is 5.82 Å². The van der Waals surface area contributed by atoms with Crippen molar-refractivity contribution in [3.8, 4) is 0 Å². The summed E-state index contributed by atoms with van der Waals surface area (Å²) in [5.74, 6) is -3.37. The first-order chi connectivity index (χ1) is 7.66. The van der Waals surface area contributed by atoms with E-state index in [-0.39, 0.29) is 0 Å². The highest BCUT2D eigenvalue weighted by molar-refractivity contribution is 5.55. The van der Waals surface area contributed by atoms with Crippen LogP contribution in [0.2, 0.25) is 0 Å². The van der Waals surface area contributed by atoms with E-state index in [4.69, 9.17) is 0 Å². The smallest absolute Gasteiger partial charge is 0.313 e. The minimum Gasteiger partial charge on any atom is -0.337 e. The number of nitrogens with one attached hydrogen (secondary N) is 1. The molecule has 0 fully saturated rings. The fraction of sp³-hybridized carbons (Fsp3) is 0. The lowest BCUT2D eigenvalue weighted by atomic mass is 10.3. The molecule has 0 aliphatic heterocycles. The van der Waals surface area contributed by atoms with Crippen molar-refractivity contribution in [2.24, 2.45) is 0 Å². The number of hydrogen-bond acceptors (Lipinski definition) is 3. The van der Waals surface area contributed by atoms with Crippen molar-refractivity contribution in [1.82, 2.24) is 9.97 Å². The molecule has 0 saturated carbocycles. The zero-order valence-electron chi connectivity index (χ0n) is 7.92. The molecule has 16 heavy (non-hydrogen) atoms. The monoisotopic (exact) mass is 225 g/mol. The SMILES string of the molecule is Fc1nc(F)c(F)c(Nc2ccccc2)n1. The third-order valence-corrected chi connectivity index (χ3v) is 1.82. The maximum Gasteiger partial charge on any atom is 0.313 e. The van der Waals surface area contributed by atoms with Crippen molar-refractivity contribution < 1.29 is 13.2 Å². The molecule has 0 saturated heterocycles. The second-order valence-corrected chi connectivity index (χ2v) is 2.94. The Balaban J connectivity index is 2.35. The van der Waals surface area contributed by atoms with Gasteiger partial charge in [-0.15, -0.1) is 0 Å². The maximum atomic E-state index is 13.1. The van der Waals surface area contributed by atoms with E-state index in [0.29, 0.717) is 5.69 Å². The molecule has 0 unspecified atom stereocenters. The minimum absolute atomic E-state index is 0.471. The topological polar surface area (TPSA) is 37.8 Å². The number of para-hydroxylation sites is 1. The normalized spacial score (nSPS) is 10.2. The predicted octanol–water partition coefficient (Wildman–Crippen LogP) is 2.64. The van der Waals surface area contributed by atoms with Crippen LogP contribution in [0.5, 0.6) is 0 Å². The minimum atomic E-state index is -1.52. The van der Waals surface area contributed by atoms with Gasteiger partial charge in [0.15, 0.2) is 5.82 Å². The molecule has 1 N–H and O–H groups in total. The molecule has 0 bridgehead atoms. The second-order valence-electron chi connectivity index (χ2n) is 2.94. The first-order valence-electron chi connectivity index (χ1n) is 4.37. The zero-order valence-corrected chi connectivity index (χ0v) is 7.92. The Bertz CT molecular complexity index is 502. The number of aromatic nitrogens is 2. The van der Waals surface area contributed by atoms with Gasteiger partial charge < -0.3 is 5.32 Å². The summed E-state index contributed by atoms with van der Waals surface area (Å²) in [5, 5.41) is 2.45. The van der Waals surface area contributed by atoms with E-state index < -0.39 is 23.7 Å². The van der Waals surface area contributed by atoms with Gasteiger partial charge in [-0.25, -0.2) is 0 Å². The first kappa shape index (κ1) is 10.4. The molecule has 0 radical (unpaired) electrons. The van der Waals surface area contributed by atoms with Crippen LogP contribution in [0.3, 0.4) is 0 Å². The summed E-state index contributed by atoms with van der Waals surface area (Å²) in [6.45, 7) is 0. The molecule has 3 nitrogen and oxygen atoms in total. The average molecular weight is 225 g/mol. The largest absolute Gasteiger partial charge is 0.337 e. The molecule has 0 spiro atoms. The second kappa shape index (κ2) is 4.18. The van der Waals surface area contributed by atoms with Crippen LogP contribution in [0.15, 0.2) is 30.3 Å². The summed E-state index contributed by atoms with van der Waals surface area (Å²) in [6, 6.07) is 8.35. The Morgan fingerprint density at radius 3 is 2.31 bits per heavy atom. The molecule has 82 valence electrons. The third kappa shape index (κ3) is 2.10. The number of benzene rings is 1. The van der Waals surface area contributed by atoms with Crippen LogP contribution in [0, 0.1) is 17.8 Å². The average Bonchev–Trinajstić information content (AvgIpc) is 2.27. The van der Waals surface area contributed by atoms with E-state index in [9.17, 15) is 13.2 Å². The van der Waals surface area contributed by atoms with E-state index in [1.165, 1.54) is 0 Å². The summed E-state index contributed by atoms with van der Waals surface area (Å²) >= 11 is 0. The van der Waals surface area contributed by atoms with Crippen LogP contribution in [0.1, 0.15) is 0 Å². The van der Waals surface area contributed by atoms with E-state index >= 15 is 0 Å². The number of nitrogens with zero attached hydrogens (tertiary/aromatic N) is 2. The number of rotatable bonds is 2. The summed E-state index contributed by atoms with van der Waals surface area (Å²) in [7, 11) is 0. The Hall–Kier alpha value is -2.11. The van der Waals surface area contributed by atoms with Gasteiger partial charge in [-0.2, -0.15) is 23.1 Å². The molecule has 1 aromatic carbocycles. The van der Waals surface area contributed by atoms with Gasteiger partial charge in [-0.3, -0.25) is 0 Å². The van der Waals surface area contributed by atoms with Gasteiger partial charge in [-0.1, -0.05) is 18.2 Å². The lowest BCUT2D eigenvalue weighted by molar-refractivity contribution is 0.430. The van der Waals surface area contributed by atoms with Crippen LogP contribution in [0.25, 0.3) is 0 Å². The standard InChI is InChI=1S/C10H6F3N3/c11-7-8(12)15-10(13)16-9(7)14-6-4-2-1-3-5-6/h1-5H,(H,14,15,16). The van der Waals surface area contributed by atoms with Crippen molar-refractivity contribution in [2.45, 2.75) is 0 Å². The molecular weight excluding hydrogens is 219 g/mol. The van der Waals surface area contributed by atoms with Gasteiger partial charge in [-0.05, 0) is 12.1 Å². The van der Waals surface area contributed by atoms with Gasteiger partial charge in [0.25, 0.3) is 5.95 Å². The summed E-state index contributed by atoms with van der Waals surface area (Å²) in [5.41, 5.74) is 0.471. The van der Waals surface area contributed by atoms with Crippen molar-refractivity contribution >= 4 is 11.5 Å². The lowest BCUT2D eigenvalue weighted by Crippen LogP contribution is -2.04. The molecule has 0 aliphatic rings. The molecule has 1 aromatic heterocycles. The van der Waals surface area contributed by atoms with Crippen LogP contribution in [-0.4, -0.2) is 9.97 Å². The highest BCUT2D eigenvalue weighted by Gasteiger charge is 2.14. The highest BCUT2D eigenvalue weighted by Crippen LogP contribution is 2.18. The van der Waals surface area contributed by atoms with Crippen molar-refractivity contribution in [2.75, 3.05) is 5.32 Å². The van der Waals surface area contributed by atoms with Crippen molar-refractivity contribution in [1.29, 1.82) is 0 Å². The molecule has 2 rings (SSSR count). The lowest BCUT2D eigenvalue weighted by Gasteiger charge is -2.05. The number of hydrogen-bond donors (Lipinski definition) is 1. The number of anilines is 2. The molecule has 6 heteroatoms. The zero-order chi connectivity index (χ0) is 11.5. The van der Waals surface area contributed by atoms with E-state index in [1.807, 2.05) is 0 Å². The fourth-order valence-corrected chi connectivity index (χ4v) is 1.14. The quantitative estimate of drug-likeness (QED) is 0.630. The van der Waals surface area contributed by atoms with Crippen molar-refractivity contribution in [3.05, 3.63) is 48.2 Å². The summed E-state index contributed by atoms with van der Waals surface area (Å²) in [4.78, 5) is 5.74. The van der Waals surface area contributed by atoms with Gasteiger partial charge in [0.05, 0.1) is 0 Å². The van der Waals surface area contributed by atoms with Gasteiger partial charge in [0.1, 0.15) is 0 Å². The Kier molecular flexibility index (Phi) is 2.72. The molecule has 0 aliphatic carbocycles. The number of halogens is 3. The summed E-state index contributed by atoms with van der Waals surface area (Å²) < 4.78 is 38.5. The molecule has 0 atom stereocenters. The molecule has 2 aromatic rings. The van der Waals surface area contributed by atoms with Crippen LogP contribution < -0.4 is 5.32 Å². The van der Waals surface area contributed by atoms with Crippen LogP contribution >= 0.6 is 0 Å². The first-order valence-corrected chi connectivity index (χ1v) is 4.37. The molecular formula is C10H6F3N3. The Morgan fingerprint density at radius 1 is 0.938 bits per heavy atom. The van der Waals surface area contributed by atoms with Crippen LogP contribution in [0.4, 0.5) is 24.7 Å². The van der Waals surface area contributed by atoms with Crippen LogP contribution in [-0.2, 0) is 0 Å².